The van der Waals surface area contributed by atoms with Crippen LogP contribution < -0.4 is 27.0 Å². The molecule has 4 rings (SSSR count). The lowest BCUT2D eigenvalue weighted by molar-refractivity contribution is -0.124. The highest BCUT2D eigenvalue weighted by molar-refractivity contribution is 7.09. The number of aryl methyl sites for hydroxylation is 1. The minimum Gasteiger partial charge on any atom is -0.370 e. The van der Waals surface area contributed by atoms with Gasteiger partial charge in [0.2, 0.25) is 11.8 Å². The van der Waals surface area contributed by atoms with Gasteiger partial charge in [-0.1, -0.05) is 12.1 Å². The highest BCUT2D eigenvalue weighted by Gasteiger charge is 2.36. The van der Waals surface area contributed by atoms with Gasteiger partial charge in [0.25, 0.3) is 5.91 Å². The summed E-state index contributed by atoms with van der Waals surface area (Å²) < 4.78 is 0. The van der Waals surface area contributed by atoms with Crippen molar-refractivity contribution in [3.63, 3.8) is 0 Å². The molecule has 0 atom stereocenters. The molecule has 172 valence electrons. The first-order chi connectivity index (χ1) is 15.3. The molecule has 2 aliphatic heterocycles. The van der Waals surface area contributed by atoms with Gasteiger partial charge in [0, 0.05) is 31.4 Å². The maximum atomic E-state index is 12.4. The van der Waals surface area contributed by atoms with Crippen molar-refractivity contribution >= 4 is 40.4 Å². The number of thiazole rings is 1. The molecular formula is C22H30N6O3S. The molecule has 9 nitrogen and oxygen atoms in total. The minimum absolute atomic E-state index is 0.214. The van der Waals surface area contributed by atoms with Crippen LogP contribution in [0.2, 0.25) is 0 Å². The molecule has 2 saturated heterocycles. The van der Waals surface area contributed by atoms with E-state index in [1.54, 1.807) is 5.38 Å². The van der Waals surface area contributed by atoms with E-state index in [1.807, 2.05) is 31.2 Å². The standard InChI is InChI=1S/C17H21N5O2S.C5H9NO/c1-11-20-13(10-25-11)15(23)21-12-4-2-3-5-14(12)22-8-6-17(19,7-9-22)16(18)24;7-5-3-1-2-4-6-5/h2-5,10H,6-9,19H2,1H3,(H2,18,24)(H,21,23);1-4H2,(H,6,7). The molecule has 1 aromatic carbocycles. The van der Waals surface area contributed by atoms with Gasteiger partial charge in [-0.05, 0) is 44.7 Å². The number of amides is 3. The number of carbonyl (C=O) groups excluding carboxylic acids is 3. The van der Waals surface area contributed by atoms with Gasteiger partial charge < -0.3 is 27.0 Å². The Hall–Kier alpha value is -2.98. The number of piperidine rings is 2. The van der Waals surface area contributed by atoms with E-state index in [0.29, 0.717) is 37.3 Å². The molecule has 10 heteroatoms. The van der Waals surface area contributed by atoms with Crippen LogP contribution >= 0.6 is 11.3 Å². The summed E-state index contributed by atoms with van der Waals surface area (Å²) in [5.74, 6) is -0.488. The summed E-state index contributed by atoms with van der Waals surface area (Å²) >= 11 is 1.44. The smallest absolute Gasteiger partial charge is 0.275 e. The Morgan fingerprint density at radius 1 is 1.22 bits per heavy atom. The number of nitrogens with one attached hydrogen (secondary N) is 2. The number of hydrogen-bond donors (Lipinski definition) is 4. The number of carbonyl (C=O) groups is 3. The molecule has 2 aromatic rings. The zero-order chi connectivity index (χ0) is 23.1. The lowest BCUT2D eigenvalue weighted by Gasteiger charge is -2.38. The van der Waals surface area contributed by atoms with Crippen LogP contribution in [0, 0.1) is 6.92 Å². The normalized spacial score (nSPS) is 17.6. The molecule has 0 spiro atoms. The number of rotatable bonds is 4. The number of primary amides is 1. The maximum Gasteiger partial charge on any atom is 0.275 e. The minimum atomic E-state index is -0.952. The predicted octanol–water partition coefficient (Wildman–Crippen LogP) is 1.77. The van der Waals surface area contributed by atoms with E-state index in [4.69, 9.17) is 11.5 Å². The van der Waals surface area contributed by atoms with Gasteiger partial charge in [-0.2, -0.15) is 0 Å². The van der Waals surface area contributed by atoms with Crippen molar-refractivity contribution < 1.29 is 14.4 Å². The summed E-state index contributed by atoms with van der Waals surface area (Å²) in [7, 11) is 0. The van der Waals surface area contributed by atoms with Crippen molar-refractivity contribution in [3.05, 3.63) is 40.3 Å². The first kappa shape index (κ1) is 23.7. The van der Waals surface area contributed by atoms with Crippen LogP contribution in [0.25, 0.3) is 0 Å². The van der Waals surface area contributed by atoms with Crippen LogP contribution in [0.3, 0.4) is 0 Å². The number of hydrogen-bond acceptors (Lipinski definition) is 7. The molecule has 3 heterocycles. The number of nitrogens with two attached hydrogens (primary N) is 2. The Bertz CT molecular complexity index is 960. The van der Waals surface area contributed by atoms with Crippen LogP contribution in [0.4, 0.5) is 11.4 Å². The van der Waals surface area contributed by atoms with E-state index < -0.39 is 11.4 Å². The Morgan fingerprint density at radius 2 is 1.94 bits per heavy atom. The monoisotopic (exact) mass is 458 g/mol. The fourth-order valence-corrected chi connectivity index (χ4v) is 4.22. The van der Waals surface area contributed by atoms with Crippen molar-refractivity contribution in [3.8, 4) is 0 Å². The SMILES string of the molecule is Cc1nc(C(=O)Nc2ccccc2N2CCC(N)(C(N)=O)CC2)cs1.O=C1CCCCN1. The molecule has 0 bridgehead atoms. The number of nitrogens with zero attached hydrogens (tertiary/aromatic N) is 2. The van der Waals surface area contributed by atoms with Crippen molar-refractivity contribution in [1.29, 1.82) is 0 Å². The van der Waals surface area contributed by atoms with Gasteiger partial charge in [-0.25, -0.2) is 4.98 Å². The van der Waals surface area contributed by atoms with Crippen LogP contribution in [-0.4, -0.2) is 47.9 Å². The first-order valence-electron chi connectivity index (χ1n) is 10.7. The van der Waals surface area contributed by atoms with Crippen LogP contribution in [0.5, 0.6) is 0 Å². The highest BCUT2D eigenvalue weighted by atomic mass is 32.1. The second kappa shape index (κ2) is 10.6. The molecular weight excluding hydrogens is 428 g/mol. The Balaban J connectivity index is 0.000000352. The second-order valence-corrected chi connectivity index (χ2v) is 9.10. The van der Waals surface area contributed by atoms with Crippen LogP contribution in [0.15, 0.2) is 29.6 Å². The van der Waals surface area contributed by atoms with Gasteiger partial charge >= 0.3 is 0 Å². The predicted molar refractivity (Wildman–Crippen MR) is 126 cm³/mol. The average molecular weight is 459 g/mol. The van der Waals surface area contributed by atoms with Crippen molar-refractivity contribution in [2.24, 2.45) is 11.5 Å². The van der Waals surface area contributed by atoms with Gasteiger partial charge in [-0.15, -0.1) is 11.3 Å². The molecule has 3 amide bonds. The molecule has 0 radical (unpaired) electrons. The van der Waals surface area contributed by atoms with Gasteiger partial charge in [-0.3, -0.25) is 14.4 Å². The topological polar surface area (TPSA) is 143 Å². The Morgan fingerprint density at radius 3 is 2.47 bits per heavy atom. The molecule has 0 unspecified atom stereocenters. The summed E-state index contributed by atoms with van der Waals surface area (Å²) in [5.41, 5.74) is 12.5. The largest absolute Gasteiger partial charge is 0.370 e. The van der Waals surface area contributed by atoms with Gasteiger partial charge in [0.15, 0.2) is 0 Å². The summed E-state index contributed by atoms with van der Waals surface area (Å²) in [4.78, 5) is 40.6. The van der Waals surface area contributed by atoms with Gasteiger partial charge in [0.05, 0.1) is 21.9 Å². The average Bonchev–Trinajstić information content (AvgIpc) is 3.22. The van der Waals surface area contributed by atoms with E-state index >= 15 is 0 Å². The second-order valence-electron chi connectivity index (χ2n) is 8.04. The molecule has 0 aliphatic carbocycles. The number of anilines is 2. The third-order valence-electron chi connectivity index (χ3n) is 5.64. The Kier molecular flexibility index (Phi) is 7.81. The zero-order valence-corrected chi connectivity index (χ0v) is 19.0. The van der Waals surface area contributed by atoms with Gasteiger partial charge in [0.1, 0.15) is 5.69 Å². The quantitative estimate of drug-likeness (QED) is 0.550. The summed E-state index contributed by atoms with van der Waals surface area (Å²) in [5, 5.41) is 8.25. The molecule has 2 fully saturated rings. The fourth-order valence-electron chi connectivity index (χ4n) is 3.63. The maximum absolute atomic E-state index is 12.4. The molecule has 1 aromatic heterocycles. The van der Waals surface area contributed by atoms with Crippen molar-refractivity contribution in [1.82, 2.24) is 10.3 Å². The fraction of sp³-hybridized carbons (Fsp3) is 0.455. The summed E-state index contributed by atoms with van der Waals surface area (Å²) in [6.45, 7) is 3.95. The van der Waals surface area contributed by atoms with Crippen molar-refractivity contribution in [2.45, 2.75) is 44.6 Å². The number of benzene rings is 1. The summed E-state index contributed by atoms with van der Waals surface area (Å²) in [6, 6.07) is 7.57. The van der Waals surface area contributed by atoms with E-state index in [9.17, 15) is 14.4 Å². The van der Waals surface area contributed by atoms with E-state index in [2.05, 4.69) is 20.5 Å². The van der Waals surface area contributed by atoms with Crippen LogP contribution in [-0.2, 0) is 9.59 Å². The van der Waals surface area contributed by atoms with Crippen LogP contribution in [0.1, 0.15) is 47.6 Å². The third kappa shape index (κ3) is 6.04. The van der Waals surface area contributed by atoms with Crippen molar-refractivity contribution in [2.75, 3.05) is 29.9 Å². The lowest BCUT2D eigenvalue weighted by Crippen LogP contribution is -2.58. The molecule has 0 saturated carbocycles. The Labute approximate surface area is 191 Å². The third-order valence-corrected chi connectivity index (χ3v) is 6.42. The van der Waals surface area contributed by atoms with E-state index in [1.165, 1.54) is 11.3 Å². The zero-order valence-electron chi connectivity index (χ0n) is 18.2. The molecule has 2 aliphatic rings. The van der Waals surface area contributed by atoms with E-state index in [0.717, 1.165) is 36.5 Å². The lowest BCUT2D eigenvalue weighted by atomic mass is 9.87. The molecule has 6 N–H and O–H groups in total. The van der Waals surface area contributed by atoms with E-state index in [-0.39, 0.29) is 11.8 Å². The first-order valence-corrected chi connectivity index (χ1v) is 11.6. The highest BCUT2D eigenvalue weighted by Crippen LogP contribution is 2.30. The molecule has 32 heavy (non-hydrogen) atoms. The number of aromatic nitrogens is 1. The number of para-hydroxylation sites is 2. The summed E-state index contributed by atoms with van der Waals surface area (Å²) in [6.07, 6.45) is 3.93.